The molecule has 1 aromatic carbocycles. The molecule has 3 rings (SSSR count). The molecule has 0 bridgehead atoms. The molecule has 1 aromatic rings. The maximum Gasteiger partial charge on any atom is 0.0868 e. The number of benzene rings is 1. The van der Waals surface area contributed by atoms with Gasteiger partial charge in [0.15, 0.2) is 0 Å². The lowest BCUT2D eigenvalue weighted by atomic mass is 9.90. The molecule has 1 heterocycles. The molecule has 0 amide bonds. The fourth-order valence-electron chi connectivity index (χ4n) is 2.98. The highest BCUT2D eigenvalue weighted by molar-refractivity contribution is 5.35. The predicted octanol–water partition coefficient (Wildman–Crippen LogP) is 2.86. The Morgan fingerprint density at radius 1 is 1.18 bits per heavy atom. The van der Waals surface area contributed by atoms with Crippen LogP contribution in [0.25, 0.3) is 0 Å². The summed E-state index contributed by atoms with van der Waals surface area (Å²) in [6.45, 7) is 1.97. The van der Waals surface area contributed by atoms with Crippen LogP contribution in [0.3, 0.4) is 0 Å². The van der Waals surface area contributed by atoms with Gasteiger partial charge in [-0.3, -0.25) is 0 Å². The van der Waals surface area contributed by atoms with E-state index in [1.807, 2.05) is 7.05 Å². The molecule has 2 fully saturated rings. The van der Waals surface area contributed by atoms with Crippen LogP contribution >= 0.6 is 0 Å². The number of hydrogen-bond acceptors (Lipinski definition) is 2. The molecule has 2 aliphatic rings. The van der Waals surface area contributed by atoms with Gasteiger partial charge < -0.3 is 10.1 Å². The van der Waals surface area contributed by atoms with Gasteiger partial charge in [-0.05, 0) is 43.4 Å². The fourth-order valence-corrected chi connectivity index (χ4v) is 2.98. The average molecular weight is 231 g/mol. The minimum atomic E-state index is 0.319. The van der Waals surface area contributed by atoms with E-state index in [1.165, 1.54) is 24.8 Å². The van der Waals surface area contributed by atoms with E-state index in [-0.39, 0.29) is 0 Å². The molecule has 17 heavy (non-hydrogen) atoms. The maximum atomic E-state index is 5.98. The highest BCUT2D eigenvalue weighted by atomic mass is 16.5. The van der Waals surface area contributed by atoms with E-state index in [4.69, 9.17) is 4.74 Å². The van der Waals surface area contributed by atoms with Gasteiger partial charge >= 0.3 is 0 Å². The van der Waals surface area contributed by atoms with Crippen molar-refractivity contribution in [2.75, 3.05) is 20.2 Å². The number of hydrogen-bond donors (Lipinski definition) is 1. The molecular weight excluding hydrogens is 210 g/mol. The lowest BCUT2D eigenvalue weighted by molar-refractivity contribution is 0.0902. The van der Waals surface area contributed by atoms with Crippen molar-refractivity contribution < 1.29 is 4.74 Å². The predicted molar refractivity (Wildman–Crippen MR) is 69.1 cm³/mol. The van der Waals surface area contributed by atoms with Crippen molar-refractivity contribution >= 4 is 0 Å². The SMILES string of the molecule is CNCC1CCOC1c1ccccc1C1CC1. The van der Waals surface area contributed by atoms with Gasteiger partial charge in [0.25, 0.3) is 0 Å². The second-order valence-corrected chi connectivity index (χ2v) is 5.30. The minimum absolute atomic E-state index is 0.319. The van der Waals surface area contributed by atoms with E-state index in [9.17, 15) is 0 Å². The molecule has 2 unspecified atom stereocenters. The van der Waals surface area contributed by atoms with Gasteiger partial charge in [0, 0.05) is 19.1 Å². The summed E-state index contributed by atoms with van der Waals surface area (Å²) in [4.78, 5) is 0. The second-order valence-electron chi connectivity index (χ2n) is 5.30. The first-order valence-corrected chi connectivity index (χ1v) is 6.75. The molecule has 2 atom stereocenters. The van der Waals surface area contributed by atoms with Gasteiger partial charge in [-0.2, -0.15) is 0 Å². The molecule has 1 N–H and O–H groups in total. The molecule has 2 nitrogen and oxygen atoms in total. The molecule has 0 spiro atoms. The standard InChI is InChI=1S/C15H21NO/c1-16-10-12-8-9-17-15(12)14-5-3-2-4-13(14)11-6-7-11/h2-5,11-12,15-16H,6-10H2,1H3. The molecule has 1 aliphatic heterocycles. The Morgan fingerprint density at radius 2 is 1.94 bits per heavy atom. The molecule has 0 radical (unpaired) electrons. The summed E-state index contributed by atoms with van der Waals surface area (Å²) in [7, 11) is 2.03. The number of rotatable bonds is 4. The third-order valence-corrected chi connectivity index (χ3v) is 4.00. The molecular formula is C15H21NO. The fraction of sp³-hybridized carbons (Fsp3) is 0.600. The zero-order valence-corrected chi connectivity index (χ0v) is 10.5. The molecule has 92 valence electrons. The summed E-state index contributed by atoms with van der Waals surface area (Å²) >= 11 is 0. The molecule has 1 aliphatic carbocycles. The monoisotopic (exact) mass is 231 g/mol. The van der Waals surface area contributed by atoms with Gasteiger partial charge in [0.05, 0.1) is 6.10 Å². The lowest BCUT2D eigenvalue weighted by Gasteiger charge is -2.21. The van der Waals surface area contributed by atoms with Gasteiger partial charge in [-0.25, -0.2) is 0 Å². The van der Waals surface area contributed by atoms with E-state index in [0.717, 1.165) is 19.1 Å². The molecule has 2 heteroatoms. The van der Waals surface area contributed by atoms with E-state index in [2.05, 4.69) is 29.6 Å². The number of nitrogens with one attached hydrogen (secondary N) is 1. The summed E-state index contributed by atoms with van der Waals surface area (Å²) in [5, 5.41) is 3.29. The quantitative estimate of drug-likeness (QED) is 0.860. The Kier molecular flexibility index (Phi) is 3.17. The van der Waals surface area contributed by atoms with Crippen LogP contribution < -0.4 is 5.32 Å². The van der Waals surface area contributed by atoms with Crippen molar-refractivity contribution in [3.8, 4) is 0 Å². The molecule has 1 saturated carbocycles. The topological polar surface area (TPSA) is 21.3 Å². The first kappa shape index (κ1) is 11.2. The zero-order chi connectivity index (χ0) is 11.7. The van der Waals surface area contributed by atoms with Crippen molar-refractivity contribution in [1.82, 2.24) is 5.32 Å². The summed E-state index contributed by atoms with van der Waals surface area (Å²) in [6, 6.07) is 8.88. The van der Waals surface area contributed by atoms with Gasteiger partial charge in [-0.1, -0.05) is 24.3 Å². The smallest absolute Gasteiger partial charge is 0.0868 e. The van der Waals surface area contributed by atoms with Crippen molar-refractivity contribution in [1.29, 1.82) is 0 Å². The van der Waals surface area contributed by atoms with Crippen molar-refractivity contribution in [2.45, 2.75) is 31.3 Å². The van der Waals surface area contributed by atoms with Crippen LogP contribution in [0.15, 0.2) is 24.3 Å². The number of ether oxygens (including phenoxy) is 1. The van der Waals surface area contributed by atoms with Gasteiger partial charge in [0.2, 0.25) is 0 Å². The largest absolute Gasteiger partial charge is 0.373 e. The van der Waals surface area contributed by atoms with Crippen LogP contribution in [-0.2, 0) is 4.74 Å². The molecule has 1 saturated heterocycles. The van der Waals surface area contributed by atoms with E-state index < -0.39 is 0 Å². The highest BCUT2D eigenvalue weighted by Gasteiger charge is 2.34. The Hall–Kier alpha value is -0.860. The normalized spacial score (nSPS) is 28.5. The van der Waals surface area contributed by atoms with Crippen LogP contribution in [0.1, 0.15) is 42.4 Å². The Balaban J connectivity index is 1.86. The summed E-state index contributed by atoms with van der Waals surface area (Å²) in [5.74, 6) is 1.45. The third kappa shape index (κ3) is 2.24. The van der Waals surface area contributed by atoms with E-state index in [1.54, 1.807) is 5.56 Å². The maximum absolute atomic E-state index is 5.98. The van der Waals surface area contributed by atoms with Crippen molar-refractivity contribution in [3.05, 3.63) is 35.4 Å². The average Bonchev–Trinajstić information content (AvgIpc) is 3.11. The van der Waals surface area contributed by atoms with Crippen LogP contribution in [0.4, 0.5) is 0 Å². The highest BCUT2D eigenvalue weighted by Crippen LogP contribution is 2.46. The third-order valence-electron chi connectivity index (χ3n) is 4.00. The summed E-state index contributed by atoms with van der Waals surface area (Å²) in [5.41, 5.74) is 2.99. The minimum Gasteiger partial charge on any atom is -0.373 e. The Labute approximate surface area is 103 Å². The van der Waals surface area contributed by atoms with Crippen molar-refractivity contribution in [2.24, 2.45) is 5.92 Å². The van der Waals surface area contributed by atoms with Gasteiger partial charge in [0.1, 0.15) is 0 Å². The van der Waals surface area contributed by atoms with E-state index >= 15 is 0 Å². The van der Waals surface area contributed by atoms with Gasteiger partial charge in [-0.15, -0.1) is 0 Å². The second kappa shape index (κ2) is 4.79. The van der Waals surface area contributed by atoms with Crippen LogP contribution in [-0.4, -0.2) is 20.2 Å². The first-order valence-electron chi connectivity index (χ1n) is 6.75. The summed E-state index contributed by atoms with van der Waals surface area (Å²) < 4.78 is 5.98. The summed E-state index contributed by atoms with van der Waals surface area (Å²) in [6.07, 6.45) is 4.23. The van der Waals surface area contributed by atoms with Crippen LogP contribution in [0.2, 0.25) is 0 Å². The Morgan fingerprint density at radius 3 is 2.65 bits per heavy atom. The van der Waals surface area contributed by atoms with Crippen LogP contribution in [0, 0.1) is 5.92 Å². The first-order chi connectivity index (χ1) is 8.40. The van der Waals surface area contributed by atoms with Crippen LogP contribution in [0.5, 0.6) is 0 Å². The van der Waals surface area contributed by atoms with Crippen molar-refractivity contribution in [3.63, 3.8) is 0 Å². The molecule has 0 aromatic heterocycles. The lowest BCUT2D eigenvalue weighted by Crippen LogP contribution is -2.22. The van der Waals surface area contributed by atoms with E-state index in [0.29, 0.717) is 12.0 Å². The zero-order valence-electron chi connectivity index (χ0n) is 10.5. The Bertz CT molecular complexity index is 386.